The van der Waals surface area contributed by atoms with Crippen molar-refractivity contribution in [1.29, 1.82) is 0 Å². The van der Waals surface area contributed by atoms with Crippen LogP contribution in [0.5, 0.6) is 0 Å². The fourth-order valence-corrected chi connectivity index (χ4v) is 1.68. The fraction of sp³-hybridized carbons (Fsp3) is 0.0909. The third-order valence-electron chi connectivity index (χ3n) is 1.66. The summed E-state index contributed by atoms with van der Waals surface area (Å²) in [6, 6.07) is 3.91. The first-order valence-electron chi connectivity index (χ1n) is 4.40. The Morgan fingerprint density at radius 2 is 2.47 bits per heavy atom. The Balaban J connectivity index is 3.09. The van der Waals surface area contributed by atoms with Crippen molar-refractivity contribution in [2.45, 2.75) is 0 Å². The topological polar surface area (TPSA) is 37.3 Å². The first-order valence-corrected chi connectivity index (χ1v) is 5.48. The van der Waals surface area contributed by atoms with E-state index in [2.05, 4.69) is 44.5 Å². The summed E-state index contributed by atoms with van der Waals surface area (Å²) in [7, 11) is 1.73. The lowest BCUT2D eigenvalue weighted by Gasteiger charge is -2.07. The predicted octanol–water partition coefficient (Wildman–Crippen LogP) is 2.46. The molecule has 0 fully saturated rings. The first-order chi connectivity index (χ1) is 7.29. The standard InChI is InChI=1S/C11H12IN3/c1-3-14-10(6-8-13-2)11-9(12)5-4-7-15-11/h3-8,14H,1H2,2H3. The van der Waals surface area contributed by atoms with Crippen LogP contribution in [0.2, 0.25) is 0 Å². The normalized spacial score (nSPS) is 11.7. The average Bonchev–Trinajstić information content (AvgIpc) is 2.25. The van der Waals surface area contributed by atoms with Gasteiger partial charge in [-0.3, -0.25) is 9.98 Å². The summed E-state index contributed by atoms with van der Waals surface area (Å²) in [5, 5.41) is 3.04. The third-order valence-corrected chi connectivity index (χ3v) is 2.53. The second kappa shape index (κ2) is 6.34. The van der Waals surface area contributed by atoms with E-state index in [0.717, 1.165) is 15.0 Å². The number of nitrogens with one attached hydrogen (secondary N) is 1. The number of pyridine rings is 1. The molecule has 0 amide bonds. The summed E-state index contributed by atoms with van der Waals surface area (Å²) in [5.41, 5.74) is 1.79. The molecule has 0 saturated carbocycles. The van der Waals surface area contributed by atoms with Gasteiger partial charge in [0.1, 0.15) is 0 Å². The number of hydrogen-bond acceptors (Lipinski definition) is 3. The van der Waals surface area contributed by atoms with Crippen molar-refractivity contribution >= 4 is 34.5 Å². The molecule has 0 atom stereocenters. The number of rotatable bonds is 4. The molecule has 0 saturated heterocycles. The fourth-order valence-electron chi connectivity index (χ4n) is 1.04. The van der Waals surface area contributed by atoms with Crippen molar-refractivity contribution in [3.05, 3.63) is 46.4 Å². The quantitative estimate of drug-likeness (QED) is 0.685. The molecule has 1 rings (SSSR count). The summed E-state index contributed by atoms with van der Waals surface area (Å²) in [6.45, 7) is 3.64. The molecule has 0 bridgehead atoms. The second-order valence-electron chi connectivity index (χ2n) is 2.67. The molecule has 0 spiro atoms. The zero-order valence-electron chi connectivity index (χ0n) is 8.44. The number of aromatic nitrogens is 1. The lowest BCUT2D eigenvalue weighted by molar-refractivity contribution is 1.15. The van der Waals surface area contributed by atoms with Crippen molar-refractivity contribution in [1.82, 2.24) is 10.3 Å². The summed E-state index contributed by atoms with van der Waals surface area (Å²) in [4.78, 5) is 8.21. The van der Waals surface area contributed by atoms with E-state index < -0.39 is 0 Å². The molecule has 78 valence electrons. The molecule has 4 heteroatoms. The van der Waals surface area contributed by atoms with E-state index in [1.54, 1.807) is 25.7 Å². The molecule has 1 aromatic rings. The SMILES string of the molecule is C=CNC(=CC=NC)c1ncccc1I. The summed E-state index contributed by atoms with van der Waals surface area (Å²) in [5.74, 6) is 0. The van der Waals surface area contributed by atoms with E-state index in [0.29, 0.717) is 0 Å². The van der Waals surface area contributed by atoms with Gasteiger partial charge >= 0.3 is 0 Å². The van der Waals surface area contributed by atoms with Gasteiger partial charge in [0, 0.05) is 23.0 Å². The van der Waals surface area contributed by atoms with Gasteiger partial charge in [-0.2, -0.15) is 0 Å². The molecule has 0 unspecified atom stereocenters. The maximum atomic E-state index is 4.30. The highest BCUT2D eigenvalue weighted by Crippen LogP contribution is 2.15. The maximum Gasteiger partial charge on any atom is 0.0998 e. The number of nitrogens with zero attached hydrogens (tertiary/aromatic N) is 2. The molecule has 1 N–H and O–H groups in total. The van der Waals surface area contributed by atoms with Crippen LogP contribution in [0.15, 0.2) is 42.2 Å². The molecular formula is C11H12IN3. The van der Waals surface area contributed by atoms with E-state index in [1.165, 1.54) is 0 Å². The van der Waals surface area contributed by atoms with Crippen LogP contribution in [0, 0.1) is 3.57 Å². The van der Waals surface area contributed by atoms with Crippen LogP contribution in [-0.4, -0.2) is 18.2 Å². The smallest absolute Gasteiger partial charge is 0.0998 e. The Labute approximate surface area is 103 Å². The summed E-state index contributed by atoms with van der Waals surface area (Å²) >= 11 is 2.24. The highest BCUT2D eigenvalue weighted by Gasteiger charge is 2.04. The molecule has 1 aromatic heterocycles. The van der Waals surface area contributed by atoms with Crippen molar-refractivity contribution in [3.63, 3.8) is 0 Å². The minimum Gasteiger partial charge on any atom is -0.360 e. The van der Waals surface area contributed by atoms with Crippen LogP contribution in [0.4, 0.5) is 0 Å². The van der Waals surface area contributed by atoms with Gasteiger partial charge in [0.2, 0.25) is 0 Å². The van der Waals surface area contributed by atoms with Crippen LogP contribution in [0.3, 0.4) is 0 Å². The highest BCUT2D eigenvalue weighted by atomic mass is 127. The maximum absolute atomic E-state index is 4.30. The van der Waals surface area contributed by atoms with E-state index in [-0.39, 0.29) is 0 Å². The van der Waals surface area contributed by atoms with Crippen molar-refractivity contribution in [2.75, 3.05) is 7.05 Å². The molecule has 0 aromatic carbocycles. The van der Waals surface area contributed by atoms with Gasteiger partial charge < -0.3 is 5.32 Å². The van der Waals surface area contributed by atoms with Gasteiger partial charge in [-0.05, 0) is 47.0 Å². The van der Waals surface area contributed by atoms with E-state index >= 15 is 0 Å². The highest BCUT2D eigenvalue weighted by molar-refractivity contribution is 14.1. The van der Waals surface area contributed by atoms with Crippen LogP contribution in [0.25, 0.3) is 5.70 Å². The largest absolute Gasteiger partial charge is 0.360 e. The second-order valence-corrected chi connectivity index (χ2v) is 3.83. The monoisotopic (exact) mass is 313 g/mol. The molecule has 3 nitrogen and oxygen atoms in total. The number of hydrogen-bond donors (Lipinski definition) is 1. The van der Waals surface area contributed by atoms with E-state index in [4.69, 9.17) is 0 Å². The molecule has 0 aliphatic carbocycles. The minimum atomic E-state index is 0.889. The molecule has 0 radical (unpaired) electrons. The van der Waals surface area contributed by atoms with Crippen molar-refractivity contribution < 1.29 is 0 Å². The average molecular weight is 313 g/mol. The van der Waals surface area contributed by atoms with Gasteiger partial charge in [-0.1, -0.05) is 6.58 Å². The Bertz CT molecular complexity index is 397. The molecular weight excluding hydrogens is 301 g/mol. The van der Waals surface area contributed by atoms with E-state index in [1.807, 2.05) is 18.2 Å². The van der Waals surface area contributed by atoms with Crippen LogP contribution in [0.1, 0.15) is 5.69 Å². The zero-order valence-corrected chi connectivity index (χ0v) is 10.6. The van der Waals surface area contributed by atoms with Crippen LogP contribution >= 0.6 is 22.6 Å². The number of allylic oxidation sites excluding steroid dienone is 1. The lowest BCUT2D eigenvalue weighted by atomic mass is 10.2. The van der Waals surface area contributed by atoms with Gasteiger partial charge in [-0.15, -0.1) is 0 Å². The van der Waals surface area contributed by atoms with Crippen molar-refractivity contribution in [2.24, 2.45) is 4.99 Å². The summed E-state index contributed by atoms with van der Waals surface area (Å²) in [6.07, 6.45) is 6.97. The van der Waals surface area contributed by atoms with Gasteiger partial charge in [0.05, 0.1) is 11.4 Å². The number of halogens is 1. The van der Waals surface area contributed by atoms with E-state index in [9.17, 15) is 0 Å². The minimum absolute atomic E-state index is 0.889. The lowest BCUT2D eigenvalue weighted by Crippen LogP contribution is -2.06. The van der Waals surface area contributed by atoms with Crippen molar-refractivity contribution in [3.8, 4) is 0 Å². The molecule has 1 heterocycles. The predicted molar refractivity (Wildman–Crippen MR) is 72.7 cm³/mol. The van der Waals surface area contributed by atoms with Gasteiger partial charge in [0.15, 0.2) is 0 Å². The summed E-state index contributed by atoms with van der Waals surface area (Å²) < 4.78 is 1.08. The number of aliphatic imine (C=N–C) groups is 1. The molecule has 15 heavy (non-hydrogen) atoms. The molecule has 0 aliphatic rings. The zero-order chi connectivity index (χ0) is 11.1. The Morgan fingerprint density at radius 3 is 3.07 bits per heavy atom. The first kappa shape index (κ1) is 11.9. The van der Waals surface area contributed by atoms with Gasteiger partial charge in [-0.25, -0.2) is 0 Å². The van der Waals surface area contributed by atoms with Crippen LogP contribution in [-0.2, 0) is 0 Å². The molecule has 0 aliphatic heterocycles. The van der Waals surface area contributed by atoms with Gasteiger partial charge in [0.25, 0.3) is 0 Å². The van der Waals surface area contributed by atoms with Crippen LogP contribution < -0.4 is 5.32 Å². The Kier molecular flexibility index (Phi) is 5.03. The third kappa shape index (κ3) is 3.47. The Hall–Kier alpha value is -1.17. The Morgan fingerprint density at radius 1 is 1.67 bits per heavy atom.